The summed E-state index contributed by atoms with van der Waals surface area (Å²) in [4.78, 5) is 1.17. The van der Waals surface area contributed by atoms with Crippen molar-refractivity contribution in [2.45, 2.75) is 18.4 Å². The van der Waals surface area contributed by atoms with Crippen LogP contribution in [0.4, 0.5) is 5.13 Å². The summed E-state index contributed by atoms with van der Waals surface area (Å²) in [7, 11) is -3.62. The van der Waals surface area contributed by atoms with Gasteiger partial charge in [0.1, 0.15) is 10.4 Å². The summed E-state index contributed by atoms with van der Waals surface area (Å²) in [5, 5.41) is 10.7. The van der Waals surface area contributed by atoms with E-state index in [0.717, 1.165) is 22.8 Å². The van der Waals surface area contributed by atoms with Crippen molar-refractivity contribution in [3.63, 3.8) is 0 Å². The number of nitrogens with one attached hydrogen (secondary N) is 2. The van der Waals surface area contributed by atoms with E-state index < -0.39 is 10.0 Å². The van der Waals surface area contributed by atoms with Crippen LogP contribution in [0.5, 0.6) is 0 Å². The zero-order valence-electron chi connectivity index (χ0n) is 9.88. The Morgan fingerprint density at radius 3 is 2.89 bits per heavy atom. The molecule has 104 valence electrons. The Hall–Kier alpha value is -0.550. The second-order valence-electron chi connectivity index (χ2n) is 3.48. The van der Waals surface area contributed by atoms with Crippen molar-refractivity contribution in [2.75, 3.05) is 11.3 Å². The molecule has 0 saturated heterocycles. The molecule has 0 aliphatic heterocycles. The fourth-order valence-corrected chi connectivity index (χ4v) is 5.65. The van der Waals surface area contributed by atoms with E-state index in [1.807, 2.05) is 6.92 Å². The number of hydrogen-bond donors (Lipinski definition) is 2. The van der Waals surface area contributed by atoms with Gasteiger partial charge in [-0.05, 0) is 28.5 Å². The van der Waals surface area contributed by atoms with Crippen LogP contribution in [-0.4, -0.2) is 25.2 Å². The number of sulfonamides is 1. The van der Waals surface area contributed by atoms with Gasteiger partial charge in [-0.2, -0.15) is 0 Å². The van der Waals surface area contributed by atoms with Gasteiger partial charge in [0.15, 0.2) is 0 Å². The number of rotatable bonds is 6. The average molecular weight is 383 g/mol. The van der Waals surface area contributed by atoms with Crippen molar-refractivity contribution in [3.05, 3.63) is 20.2 Å². The van der Waals surface area contributed by atoms with Crippen LogP contribution in [-0.2, 0) is 16.6 Å². The molecule has 2 N–H and O–H groups in total. The lowest BCUT2D eigenvalue weighted by Gasteiger charge is -2.02. The second kappa shape index (κ2) is 6.27. The number of thiophene rings is 1. The normalized spacial score (nSPS) is 11.7. The summed E-state index contributed by atoms with van der Waals surface area (Å²) in [6, 6.07) is 1.65. The molecule has 0 saturated carbocycles. The van der Waals surface area contributed by atoms with Crippen molar-refractivity contribution in [3.8, 4) is 0 Å². The fraction of sp³-hybridized carbons (Fsp3) is 0.333. The molecule has 0 spiro atoms. The van der Waals surface area contributed by atoms with E-state index in [-0.39, 0.29) is 10.0 Å². The van der Waals surface area contributed by atoms with E-state index in [4.69, 9.17) is 0 Å². The van der Waals surface area contributed by atoms with Crippen LogP contribution >= 0.6 is 38.6 Å². The minimum atomic E-state index is -3.62. The van der Waals surface area contributed by atoms with Gasteiger partial charge in [-0.15, -0.1) is 21.5 Å². The molecule has 6 nitrogen and oxygen atoms in total. The van der Waals surface area contributed by atoms with Crippen molar-refractivity contribution in [1.29, 1.82) is 0 Å². The monoisotopic (exact) mass is 382 g/mol. The van der Waals surface area contributed by atoms with E-state index in [0.29, 0.717) is 10.3 Å². The third kappa shape index (κ3) is 3.72. The molecule has 0 unspecified atom stereocenters. The maximum Gasteiger partial charge on any atom is 0.265 e. The summed E-state index contributed by atoms with van der Waals surface area (Å²) >= 11 is 5.82. The molecule has 2 aromatic heterocycles. The van der Waals surface area contributed by atoms with Crippen LogP contribution in [0.2, 0.25) is 0 Å². The summed E-state index contributed by atoms with van der Waals surface area (Å²) in [5.74, 6) is 0. The highest BCUT2D eigenvalue weighted by Gasteiger charge is 2.22. The lowest BCUT2D eigenvalue weighted by molar-refractivity contribution is 0.601. The molecule has 2 aromatic rings. The Kier molecular flexibility index (Phi) is 4.90. The first-order valence-electron chi connectivity index (χ1n) is 5.31. The number of halogens is 1. The Morgan fingerprint density at radius 1 is 1.47 bits per heavy atom. The van der Waals surface area contributed by atoms with Gasteiger partial charge in [0.05, 0.1) is 3.79 Å². The van der Waals surface area contributed by atoms with Crippen LogP contribution in [0.1, 0.15) is 11.8 Å². The lowest BCUT2D eigenvalue weighted by atomic mass is 10.4. The Morgan fingerprint density at radius 2 is 2.26 bits per heavy atom. The van der Waals surface area contributed by atoms with Gasteiger partial charge < -0.3 is 5.32 Å². The van der Waals surface area contributed by atoms with Crippen molar-refractivity contribution in [2.24, 2.45) is 0 Å². The summed E-state index contributed by atoms with van der Waals surface area (Å²) < 4.78 is 27.4. The summed E-state index contributed by atoms with van der Waals surface area (Å²) in [6.07, 6.45) is 0. The third-order valence-electron chi connectivity index (χ3n) is 2.13. The topological polar surface area (TPSA) is 84.0 Å². The van der Waals surface area contributed by atoms with Gasteiger partial charge in [-0.3, -0.25) is 4.72 Å². The molecule has 0 amide bonds. The molecular formula is C9H11BrN4O2S3. The maximum atomic E-state index is 12.2. The Balaban J connectivity index is 2.22. The quantitative estimate of drug-likeness (QED) is 0.800. The zero-order chi connectivity index (χ0) is 13.9. The minimum Gasteiger partial charge on any atom is -0.312 e. The predicted octanol–water partition coefficient (Wildman–Crippen LogP) is 2.27. The molecule has 2 heterocycles. The maximum absolute atomic E-state index is 12.2. The van der Waals surface area contributed by atoms with Gasteiger partial charge >= 0.3 is 0 Å². The van der Waals surface area contributed by atoms with E-state index in [9.17, 15) is 8.42 Å². The Labute approximate surface area is 127 Å². The molecule has 19 heavy (non-hydrogen) atoms. The van der Waals surface area contributed by atoms with E-state index >= 15 is 0 Å². The van der Waals surface area contributed by atoms with Crippen molar-refractivity contribution < 1.29 is 8.42 Å². The highest BCUT2D eigenvalue weighted by molar-refractivity contribution is 9.11. The van der Waals surface area contributed by atoms with Gasteiger partial charge in [-0.1, -0.05) is 18.3 Å². The van der Waals surface area contributed by atoms with Crippen LogP contribution in [0.25, 0.3) is 0 Å². The predicted molar refractivity (Wildman–Crippen MR) is 80.1 cm³/mol. The minimum absolute atomic E-state index is 0.223. The van der Waals surface area contributed by atoms with Crippen LogP contribution < -0.4 is 10.0 Å². The van der Waals surface area contributed by atoms with Crippen LogP contribution in [0.15, 0.2) is 20.3 Å². The third-order valence-corrected chi connectivity index (χ3v) is 6.45. The van der Waals surface area contributed by atoms with E-state index in [2.05, 4.69) is 36.2 Å². The van der Waals surface area contributed by atoms with Gasteiger partial charge in [0, 0.05) is 11.4 Å². The first-order valence-corrected chi connectivity index (χ1v) is 9.28. The number of aromatic nitrogens is 2. The number of nitrogens with zero attached hydrogens (tertiary/aromatic N) is 2. The van der Waals surface area contributed by atoms with E-state index in [1.165, 1.54) is 16.8 Å². The van der Waals surface area contributed by atoms with Crippen LogP contribution in [0, 0.1) is 0 Å². The SMILES string of the molecule is CCNCc1cc(S(=O)(=O)Nc2nncs2)c(Br)s1. The molecule has 10 heteroatoms. The molecule has 2 rings (SSSR count). The Bertz CT molecular complexity index is 638. The largest absolute Gasteiger partial charge is 0.312 e. The van der Waals surface area contributed by atoms with Gasteiger partial charge in [0.2, 0.25) is 5.13 Å². The molecule has 0 aliphatic rings. The zero-order valence-corrected chi connectivity index (χ0v) is 13.9. The highest BCUT2D eigenvalue weighted by Crippen LogP contribution is 2.32. The molecule has 0 fully saturated rings. The first-order chi connectivity index (χ1) is 9.03. The van der Waals surface area contributed by atoms with Crippen molar-refractivity contribution >= 4 is 53.8 Å². The fourth-order valence-electron chi connectivity index (χ4n) is 1.30. The second-order valence-corrected chi connectivity index (χ2v) is 8.42. The average Bonchev–Trinajstić information content (AvgIpc) is 2.95. The summed E-state index contributed by atoms with van der Waals surface area (Å²) in [5.41, 5.74) is 1.47. The molecule has 0 aromatic carbocycles. The molecular weight excluding hydrogens is 372 g/mol. The number of hydrogen-bond acceptors (Lipinski definition) is 7. The van der Waals surface area contributed by atoms with Gasteiger partial charge in [0.25, 0.3) is 10.0 Å². The smallest absolute Gasteiger partial charge is 0.265 e. The molecule has 0 bridgehead atoms. The van der Waals surface area contributed by atoms with Crippen molar-refractivity contribution in [1.82, 2.24) is 15.5 Å². The van der Waals surface area contributed by atoms with E-state index in [1.54, 1.807) is 6.07 Å². The van der Waals surface area contributed by atoms with Crippen LogP contribution in [0.3, 0.4) is 0 Å². The standard InChI is InChI=1S/C9H11BrN4O2S3/c1-2-11-4-6-3-7(8(10)18-6)19(15,16)14-9-13-12-5-17-9/h3,5,11H,2,4H2,1H3,(H,13,14). The molecule has 0 atom stereocenters. The first kappa shape index (κ1) is 14.9. The number of anilines is 1. The highest BCUT2D eigenvalue weighted by atomic mass is 79.9. The summed E-state index contributed by atoms with van der Waals surface area (Å²) in [6.45, 7) is 3.48. The lowest BCUT2D eigenvalue weighted by Crippen LogP contribution is -2.13. The molecule has 0 radical (unpaired) electrons. The van der Waals surface area contributed by atoms with Gasteiger partial charge in [-0.25, -0.2) is 8.42 Å². The molecule has 0 aliphatic carbocycles.